The second kappa shape index (κ2) is 5.89. The van der Waals surface area contributed by atoms with Gasteiger partial charge >= 0.3 is 0 Å². The zero-order valence-corrected chi connectivity index (χ0v) is 10.0. The highest BCUT2D eigenvalue weighted by Gasteiger charge is 2.07. The molecule has 1 aromatic carbocycles. The third-order valence-corrected chi connectivity index (χ3v) is 2.82. The molecule has 0 bridgehead atoms. The molecule has 0 aliphatic carbocycles. The van der Waals surface area contributed by atoms with E-state index in [0.29, 0.717) is 0 Å². The van der Waals surface area contributed by atoms with Crippen molar-refractivity contribution in [2.45, 2.75) is 46.0 Å². The third-order valence-electron chi connectivity index (χ3n) is 2.82. The predicted molar refractivity (Wildman–Crippen MR) is 64.2 cm³/mol. The molecule has 84 valence electrons. The largest absolute Gasteiger partial charge is 0.250 e. The molecule has 1 rings (SSSR count). The van der Waals surface area contributed by atoms with Gasteiger partial charge in [0.25, 0.3) is 0 Å². The number of benzene rings is 1. The summed E-state index contributed by atoms with van der Waals surface area (Å²) in [5.74, 6) is 0.0344. The first-order chi connectivity index (χ1) is 7.21. The molecule has 1 atom stereocenters. The third kappa shape index (κ3) is 3.33. The van der Waals surface area contributed by atoms with Crippen molar-refractivity contribution in [3.05, 3.63) is 34.9 Å². The van der Waals surface area contributed by atoms with Gasteiger partial charge in [0.2, 0.25) is 0 Å². The van der Waals surface area contributed by atoms with E-state index >= 15 is 0 Å². The minimum Gasteiger partial charge on any atom is -0.250 e. The van der Waals surface area contributed by atoms with E-state index in [1.54, 1.807) is 0 Å². The lowest BCUT2D eigenvalue weighted by Gasteiger charge is -2.12. The van der Waals surface area contributed by atoms with Crippen LogP contribution in [0.25, 0.3) is 0 Å². The molecule has 0 radical (unpaired) electrons. The Balaban J connectivity index is 2.99. The van der Waals surface area contributed by atoms with Crippen molar-refractivity contribution in [3.8, 4) is 0 Å². The van der Waals surface area contributed by atoms with Crippen LogP contribution in [0.5, 0.6) is 0 Å². The Bertz CT molecular complexity index is 304. The minimum atomic E-state index is -0.265. The van der Waals surface area contributed by atoms with E-state index < -0.39 is 0 Å². The molecule has 1 unspecified atom stereocenters. The van der Waals surface area contributed by atoms with Crippen molar-refractivity contribution in [2.24, 2.45) is 0 Å². The maximum atomic E-state index is 12.6. The average molecular weight is 208 g/mol. The summed E-state index contributed by atoms with van der Waals surface area (Å²) in [6.45, 7) is 6.01. The van der Waals surface area contributed by atoms with E-state index in [9.17, 15) is 4.39 Å². The Hall–Kier alpha value is -0.850. The van der Waals surface area contributed by atoms with Gasteiger partial charge in [-0.2, -0.15) is 0 Å². The summed E-state index contributed by atoms with van der Waals surface area (Å²) < 4.78 is 12.6. The van der Waals surface area contributed by atoms with Gasteiger partial charge in [0.15, 0.2) is 0 Å². The molecule has 0 aliphatic heterocycles. The molecule has 0 nitrogen and oxygen atoms in total. The van der Waals surface area contributed by atoms with Crippen molar-refractivity contribution >= 4 is 0 Å². The molecule has 0 amide bonds. The SMILES string of the molecule is CCCc1cc(CC)cc(C(C)CF)c1. The van der Waals surface area contributed by atoms with Crippen LogP contribution >= 0.6 is 0 Å². The van der Waals surface area contributed by atoms with E-state index in [-0.39, 0.29) is 12.6 Å². The first-order valence-electron chi connectivity index (χ1n) is 5.89. The maximum absolute atomic E-state index is 12.6. The Morgan fingerprint density at radius 2 is 1.80 bits per heavy atom. The Kier molecular flexibility index (Phi) is 4.80. The van der Waals surface area contributed by atoms with E-state index in [4.69, 9.17) is 0 Å². The van der Waals surface area contributed by atoms with Crippen LogP contribution in [0.4, 0.5) is 4.39 Å². The van der Waals surface area contributed by atoms with Gasteiger partial charge < -0.3 is 0 Å². The van der Waals surface area contributed by atoms with Crippen molar-refractivity contribution in [1.82, 2.24) is 0 Å². The molecule has 0 spiro atoms. The lowest BCUT2D eigenvalue weighted by molar-refractivity contribution is 0.447. The Morgan fingerprint density at radius 1 is 1.13 bits per heavy atom. The van der Waals surface area contributed by atoms with Gasteiger partial charge in [0, 0.05) is 5.92 Å². The standard InChI is InChI=1S/C14H21F/c1-4-6-13-7-12(5-2)8-14(9-13)11(3)10-15/h7-9,11H,4-6,10H2,1-3H3. The van der Waals surface area contributed by atoms with Crippen molar-refractivity contribution < 1.29 is 4.39 Å². The van der Waals surface area contributed by atoms with Gasteiger partial charge in [-0.3, -0.25) is 4.39 Å². The lowest BCUT2D eigenvalue weighted by atomic mass is 9.95. The fourth-order valence-corrected chi connectivity index (χ4v) is 1.80. The molecule has 0 heterocycles. The Morgan fingerprint density at radius 3 is 2.33 bits per heavy atom. The van der Waals surface area contributed by atoms with Gasteiger partial charge in [0.1, 0.15) is 0 Å². The normalized spacial score (nSPS) is 12.8. The minimum absolute atomic E-state index is 0.0344. The summed E-state index contributed by atoms with van der Waals surface area (Å²) in [7, 11) is 0. The molecular formula is C14H21F. The van der Waals surface area contributed by atoms with Crippen LogP contribution in [0.3, 0.4) is 0 Å². The average Bonchev–Trinajstić information content (AvgIpc) is 2.28. The van der Waals surface area contributed by atoms with Gasteiger partial charge in [-0.15, -0.1) is 0 Å². The molecule has 15 heavy (non-hydrogen) atoms. The fraction of sp³-hybridized carbons (Fsp3) is 0.571. The van der Waals surface area contributed by atoms with Crippen LogP contribution in [0.1, 0.15) is 49.8 Å². The predicted octanol–water partition coefficient (Wildman–Crippen LogP) is 4.27. The second-order valence-corrected chi connectivity index (χ2v) is 4.24. The highest BCUT2D eigenvalue weighted by Crippen LogP contribution is 2.20. The van der Waals surface area contributed by atoms with Crippen molar-refractivity contribution in [2.75, 3.05) is 6.67 Å². The lowest BCUT2D eigenvalue weighted by Crippen LogP contribution is -1.99. The first-order valence-corrected chi connectivity index (χ1v) is 5.89. The molecule has 1 aromatic rings. The monoisotopic (exact) mass is 208 g/mol. The first kappa shape index (κ1) is 12.2. The van der Waals surface area contributed by atoms with Gasteiger partial charge in [-0.1, -0.05) is 45.4 Å². The molecule has 1 heteroatoms. The number of hydrogen-bond donors (Lipinski definition) is 0. The van der Waals surface area contributed by atoms with Gasteiger partial charge in [0.05, 0.1) is 6.67 Å². The van der Waals surface area contributed by atoms with Gasteiger partial charge in [-0.25, -0.2) is 0 Å². The zero-order valence-electron chi connectivity index (χ0n) is 10.0. The molecule has 0 saturated heterocycles. The van der Waals surface area contributed by atoms with Crippen LogP contribution < -0.4 is 0 Å². The quantitative estimate of drug-likeness (QED) is 0.677. The molecule has 0 aromatic heterocycles. The van der Waals surface area contributed by atoms with Crippen LogP contribution in [-0.4, -0.2) is 6.67 Å². The molecule has 0 saturated carbocycles. The van der Waals surface area contributed by atoms with Crippen LogP contribution in [0.2, 0.25) is 0 Å². The molecular weight excluding hydrogens is 187 g/mol. The van der Waals surface area contributed by atoms with Crippen LogP contribution in [-0.2, 0) is 12.8 Å². The number of halogens is 1. The topological polar surface area (TPSA) is 0 Å². The fourth-order valence-electron chi connectivity index (χ4n) is 1.80. The van der Waals surface area contributed by atoms with E-state index in [1.807, 2.05) is 6.92 Å². The summed E-state index contributed by atoms with van der Waals surface area (Å²) in [6, 6.07) is 6.55. The van der Waals surface area contributed by atoms with Crippen molar-refractivity contribution in [1.29, 1.82) is 0 Å². The van der Waals surface area contributed by atoms with E-state index in [2.05, 4.69) is 32.0 Å². The number of alkyl halides is 1. The highest BCUT2D eigenvalue weighted by atomic mass is 19.1. The molecule has 0 fully saturated rings. The summed E-state index contributed by atoms with van der Waals surface area (Å²) >= 11 is 0. The molecule has 0 N–H and O–H groups in total. The highest BCUT2D eigenvalue weighted by molar-refractivity contribution is 5.32. The molecule has 0 aliphatic rings. The van der Waals surface area contributed by atoms with E-state index in [0.717, 1.165) is 24.8 Å². The van der Waals surface area contributed by atoms with Crippen LogP contribution in [0.15, 0.2) is 18.2 Å². The van der Waals surface area contributed by atoms with Crippen LogP contribution in [0, 0.1) is 0 Å². The summed E-state index contributed by atoms with van der Waals surface area (Å²) in [5, 5.41) is 0. The second-order valence-electron chi connectivity index (χ2n) is 4.24. The van der Waals surface area contributed by atoms with E-state index in [1.165, 1.54) is 11.1 Å². The number of hydrogen-bond acceptors (Lipinski definition) is 0. The van der Waals surface area contributed by atoms with Gasteiger partial charge in [-0.05, 0) is 29.5 Å². The summed E-state index contributed by atoms with van der Waals surface area (Å²) in [5.41, 5.74) is 3.84. The Labute approximate surface area is 92.5 Å². The number of rotatable bonds is 5. The summed E-state index contributed by atoms with van der Waals surface area (Å²) in [4.78, 5) is 0. The van der Waals surface area contributed by atoms with Crippen molar-refractivity contribution in [3.63, 3.8) is 0 Å². The maximum Gasteiger partial charge on any atom is 0.0960 e. The zero-order chi connectivity index (χ0) is 11.3. The number of aryl methyl sites for hydroxylation is 2. The summed E-state index contributed by atoms with van der Waals surface area (Å²) in [6.07, 6.45) is 3.28. The smallest absolute Gasteiger partial charge is 0.0960 e.